The monoisotopic (exact) mass is 446 g/mol. The molecule has 0 fully saturated rings. The van der Waals surface area contributed by atoms with Crippen molar-refractivity contribution in [3.8, 4) is 0 Å². The molecule has 0 amide bonds. The van der Waals surface area contributed by atoms with Gasteiger partial charge in [0, 0.05) is 0 Å². The minimum absolute atomic E-state index is 1.27. The summed E-state index contributed by atoms with van der Waals surface area (Å²) in [5.74, 6) is 0. The molecule has 0 aliphatic heterocycles. The van der Waals surface area contributed by atoms with Crippen molar-refractivity contribution in [3.63, 3.8) is 0 Å². The molecule has 2 heteroatoms. The fraction of sp³-hybridized carbons (Fsp3) is 0.0769. The first-order chi connectivity index (χ1) is 13.6. The van der Waals surface area contributed by atoms with Gasteiger partial charge in [0.25, 0.3) is 0 Å². The minimum atomic E-state index is -3.08. The third kappa shape index (κ3) is 2.77. The summed E-state index contributed by atoms with van der Waals surface area (Å²) in [5.41, 5.74) is 2.58. The molecular formula is C26H24BrP. The Morgan fingerprint density at radius 2 is 0.929 bits per heavy atom. The molecule has 0 saturated carbocycles. The van der Waals surface area contributed by atoms with Gasteiger partial charge >= 0.3 is 176 Å². The molecule has 0 saturated heterocycles. The first-order valence-electron chi connectivity index (χ1n) is 9.53. The van der Waals surface area contributed by atoms with Crippen molar-refractivity contribution >= 4 is 42.0 Å². The Balaban J connectivity index is 2.28. The molecule has 0 atom stereocenters. The van der Waals surface area contributed by atoms with Gasteiger partial charge in [0.05, 0.1) is 0 Å². The number of rotatable bonds is 4. The van der Waals surface area contributed by atoms with Gasteiger partial charge < -0.3 is 0 Å². The first-order valence-corrected chi connectivity index (χ1v) is 13.8. The SMILES string of the molecule is Cc1ccc(C)c(P(Br)(c2ccccc2)(c2ccccc2)c2ccccc2)c1. The van der Waals surface area contributed by atoms with Crippen LogP contribution in [0, 0.1) is 13.8 Å². The van der Waals surface area contributed by atoms with Crippen LogP contribution in [0.1, 0.15) is 11.1 Å². The van der Waals surface area contributed by atoms with Crippen LogP contribution in [0.4, 0.5) is 0 Å². The Labute approximate surface area is 175 Å². The van der Waals surface area contributed by atoms with E-state index >= 15 is 0 Å². The van der Waals surface area contributed by atoms with E-state index < -0.39 is 5.31 Å². The van der Waals surface area contributed by atoms with Crippen LogP contribution in [0.25, 0.3) is 0 Å². The molecule has 0 aliphatic carbocycles. The van der Waals surface area contributed by atoms with Crippen molar-refractivity contribution in [1.82, 2.24) is 0 Å². The molecule has 140 valence electrons. The first kappa shape index (κ1) is 19.1. The predicted octanol–water partition coefficient (Wildman–Crippen LogP) is 5.77. The molecule has 0 spiro atoms. The predicted molar refractivity (Wildman–Crippen MR) is 130 cm³/mol. The molecule has 0 aromatic heterocycles. The van der Waals surface area contributed by atoms with E-state index in [1.165, 1.54) is 32.3 Å². The zero-order valence-electron chi connectivity index (χ0n) is 16.2. The fourth-order valence-electron chi connectivity index (χ4n) is 4.16. The van der Waals surface area contributed by atoms with E-state index in [1.54, 1.807) is 0 Å². The van der Waals surface area contributed by atoms with Crippen LogP contribution in [-0.2, 0) is 0 Å². The topological polar surface area (TPSA) is 0 Å². The quantitative estimate of drug-likeness (QED) is 0.349. The van der Waals surface area contributed by atoms with Crippen molar-refractivity contribution in [3.05, 3.63) is 120 Å². The second-order valence-corrected chi connectivity index (χ2v) is 15.6. The molecule has 0 nitrogen and oxygen atoms in total. The van der Waals surface area contributed by atoms with E-state index in [4.69, 9.17) is 0 Å². The van der Waals surface area contributed by atoms with Crippen molar-refractivity contribution < 1.29 is 0 Å². The molecule has 4 rings (SSSR count). The summed E-state index contributed by atoms with van der Waals surface area (Å²) in [6, 6.07) is 39.6. The fourth-order valence-corrected chi connectivity index (χ4v) is 12.5. The summed E-state index contributed by atoms with van der Waals surface area (Å²) in [7, 11) is 0. The second-order valence-electron chi connectivity index (χ2n) is 7.31. The van der Waals surface area contributed by atoms with Crippen molar-refractivity contribution in [2.24, 2.45) is 0 Å². The molecule has 4 aromatic carbocycles. The molecule has 0 bridgehead atoms. The van der Waals surface area contributed by atoms with Gasteiger partial charge in [-0.2, -0.15) is 0 Å². The Morgan fingerprint density at radius 3 is 1.32 bits per heavy atom. The summed E-state index contributed by atoms with van der Waals surface area (Å²) in [4.78, 5) is 0. The van der Waals surface area contributed by atoms with Gasteiger partial charge in [-0.15, -0.1) is 0 Å². The van der Waals surface area contributed by atoms with Crippen molar-refractivity contribution in [2.75, 3.05) is 0 Å². The van der Waals surface area contributed by atoms with Crippen LogP contribution in [-0.4, -0.2) is 0 Å². The van der Waals surface area contributed by atoms with Gasteiger partial charge in [0.1, 0.15) is 0 Å². The summed E-state index contributed by atoms with van der Waals surface area (Å²) < 4.78 is 0. The van der Waals surface area contributed by atoms with E-state index in [0.29, 0.717) is 0 Å². The number of hydrogen-bond donors (Lipinski definition) is 0. The average molecular weight is 447 g/mol. The third-order valence-electron chi connectivity index (χ3n) is 5.54. The number of hydrogen-bond acceptors (Lipinski definition) is 0. The van der Waals surface area contributed by atoms with Crippen molar-refractivity contribution in [2.45, 2.75) is 13.8 Å². The Morgan fingerprint density at radius 1 is 0.536 bits per heavy atom. The summed E-state index contributed by atoms with van der Waals surface area (Å²) in [6.07, 6.45) is 0. The molecule has 28 heavy (non-hydrogen) atoms. The van der Waals surface area contributed by atoms with Crippen LogP contribution in [0.2, 0.25) is 0 Å². The zero-order chi connectivity index (χ0) is 19.6. The number of aryl methyl sites for hydroxylation is 2. The second kappa shape index (κ2) is 7.32. The van der Waals surface area contributed by atoms with Gasteiger partial charge in [-0.1, -0.05) is 0 Å². The molecular weight excluding hydrogens is 423 g/mol. The summed E-state index contributed by atoms with van der Waals surface area (Å²) in [6.45, 7) is 4.41. The summed E-state index contributed by atoms with van der Waals surface area (Å²) >= 11 is 4.54. The zero-order valence-corrected chi connectivity index (χ0v) is 18.7. The van der Waals surface area contributed by atoms with Crippen LogP contribution >= 0.6 is 20.8 Å². The molecule has 0 radical (unpaired) electrons. The van der Waals surface area contributed by atoms with Crippen LogP contribution < -0.4 is 21.2 Å². The molecule has 0 heterocycles. The Bertz CT molecular complexity index is 990. The molecule has 0 unspecified atom stereocenters. The Hall–Kier alpha value is -2.21. The molecule has 0 N–H and O–H groups in total. The average Bonchev–Trinajstić information content (AvgIpc) is 2.77. The van der Waals surface area contributed by atoms with Gasteiger partial charge in [0.2, 0.25) is 0 Å². The number of benzene rings is 4. The van der Waals surface area contributed by atoms with Crippen LogP contribution in [0.15, 0.2) is 109 Å². The van der Waals surface area contributed by atoms with Gasteiger partial charge in [-0.3, -0.25) is 0 Å². The maximum absolute atomic E-state index is 4.54. The normalized spacial score (nSPS) is 12.9. The van der Waals surface area contributed by atoms with Crippen molar-refractivity contribution in [1.29, 1.82) is 0 Å². The van der Waals surface area contributed by atoms with Gasteiger partial charge in [-0.05, 0) is 0 Å². The van der Waals surface area contributed by atoms with Crippen LogP contribution in [0.3, 0.4) is 0 Å². The molecule has 4 aromatic rings. The van der Waals surface area contributed by atoms with E-state index in [2.05, 4.69) is 139 Å². The van der Waals surface area contributed by atoms with E-state index in [-0.39, 0.29) is 0 Å². The van der Waals surface area contributed by atoms with Gasteiger partial charge in [-0.25, -0.2) is 0 Å². The Kier molecular flexibility index (Phi) is 5.00. The van der Waals surface area contributed by atoms with E-state index in [1.807, 2.05) is 0 Å². The number of halogens is 1. The molecule has 0 aliphatic rings. The third-order valence-corrected chi connectivity index (χ3v) is 15.6. The van der Waals surface area contributed by atoms with E-state index in [0.717, 1.165) is 0 Å². The van der Waals surface area contributed by atoms with E-state index in [9.17, 15) is 0 Å². The van der Waals surface area contributed by atoms with Crippen LogP contribution in [0.5, 0.6) is 0 Å². The van der Waals surface area contributed by atoms with Gasteiger partial charge in [0.15, 0.2) is 0 Å². The standard InChI is InChI=1S/C26H24BrP/c1-21-18-19-22(2)26(20-21)28(27,23-12-6-3-7-13-23,24-14-8-4-9-15-24)25-16-10-5-11-17-25/h3-20H,1-2H3. The maximum atomic E-state index is 4.54. The summed E-state index contributed by atoms with van der Waals surface area (Å²) in [5, 5.41) is 2.24.